The second-order valence-electron chi connectivity index (χ2n) is 6.79. The molecule has 2 aromatic rings. The summed E-state index contributed by atoms with van der Waals surface area (Å²) < 4.78 is 0. The normalized spacial score (nSPS) is 14.7. The predicted octanol–water partition coefficient (Wildman–Crippen LogP) is 4.31. The second-order valence-corrected chi connectivity index (χ2v) is 8.11. The third kappa shape index (κ3) is 6.11. The van der Waals surface area contributed by atoms with Crippen LogP contribution in [0.25, 0.3) is 0 Å². The van der Waals surface area contributed by atoms with Crippen molar-refractivity contribution in [3.63, 3.8) is 0 Å². The van der Waals surface area contributed by atoms with Crippen molar-refractivity contribution in [2.45, 2.75) is 49.8 Å². The maximum atomic E-state index is 12.1. The zero-order valence-corrected chi connectivity index (χ0v) is 17.1. The van der Waals surface area contributed by atoms with Gasteiger partial charge in [-0.05, 0) is 18.4 Å². The average molecular weight is 405 g/mol. The smallest absolute Gasteiger partial charge is 0.230 e. The number of carbonyl (C=O) groups excluding carboxylic acids is 1. The molecule has 27 heavy (non-hydrogen) atoms. The molecule has 1 N–H and O–H groups in total. The number of nitrogens with zero attached hydrogens (tertiary/aromatic N) is 3. The van der Waals surface area contributed by atoms with E-state index in [-0.39, 0.29) is 11.7 Å². The Morgan fingerprint density at radius 3 is 2.70 bits per heavy atom. The number of aromatic nitrogens is 2. The lowest BCUT2D eigenvalue weighted by Crippen LogP contribution is -2.34. The van der Waals surface area contributed by atoms with E-state index in [0.29, 0.717) is 22.9 Å². The Hall–Kier alpha value is -1.79. The van der Waals surface area contributed by atoms with Crippen LogP contribution in [0.5, 0.6) is 0 Å². The van der Waals surface area contributed by atoms with Crippen LogP contribution in [-0.2, 0) is 11.3 Å². The average Bonchev–Trinajstić information content (AvgIpc) is 2.71. The summed E-state index contributed by atoms with van der Waals surface area (Å²) in [5.74, 6) is 1.04. The molecule has 1 saturated carbocycles. The minimum Gasteiger partial charge on any atom is -0.357 e. The highest BCUT2D eigenvalue weighted by Gasteiger charge is 2.20. The Labute approximate surface area is 169 Å². The fourth-order valence-electron chi connectivity index (χ4n) is 3.26. The maximum Gasteiger partial charge on any atom is 0.230 e. The number of hydrogen-bond acceptors (Lipinski definition) is 5. The van der Waals surface area contributed by atoms with Crippen molar-refractivity contribution in [3.8, 4) is 0 Å². The number of rotatable bonds is 7. The first kappa shape index (κ1) is 20.0. The van der Waals surface area contributed by atoms with Gasteiger partial charge in [-0.1, -0.05) is 73.0 Å². The monoisotopic (exact) mass is 404 g/mol. The molecule has 0 saturated heterocycles. The van der Waals surface area contributed by atoms with Gasteiger partial charge in [-0.3, -0.25) is 4.79 Å². The van der Waals surface area contributed by atoms with Gasteiger partial charge in [-0.15, -0.1) is 0 Å². The summed E-state index contributed by atoms with van der Waals surface area (Å²) in [4.78, 5) is 23.2. The number of benzene rings is 1. The Morgan fingerprint density at radius 2 is 1.96 bits per heavy atom. The van der Waals surface area contributed by atoms with E-state index in [1.807, 2.05) is 30.3 Å². The summed E-state index contributed by atoms with van der Waals surface area (Å²) in [6.07, 6.45) is 6.20. The fourth-order valence-corrected chi connectivity index (χ4v) is 4.17. The molecule has 1 aliphatic carbocycles. The van der Waals surface area contributed by atoms with Crippen molar-refractivity contribution in [1.82, 2.24) is 15.3 Å². The Balaban J connectivity index is 1.55. The summed E-state index contributed by atoms with van der Waals surface area (Å²) in [5, 5.41) is 3.86. The van der Waals surface area contributed by atoms with Crippen molar-refractivity contribution in [2.75, 3.05) is 17.7 Å². The Bertz CT molecular complexity index is 753. The molecule has 0 spiro atoms. The highest BCUT2D eigenvalue weighted by Crippen LogP contribution is 2.27. The van der Waals surface area contributed by atoms with Gasteiger partial charge in [0.15, 0.2) is 5.16 Å². The highest BCUT2D eigenvalue weighted by molar-refractivity contribution is 7.99. The zero-order valence-electron chi connectivity index (χ0n) is 15.5. The molecule has 0 atom stereocenters. The molecular formula is C20H25ClN4OS. The zero-order chi connectivity index (χ0) is 19.1. The summed E-state index contributed by atoms with van der Waals surface area (Å²) in [7, 11) is 2.07. The largest absolute Gasteiger partial charge is 0.357 e. The van der Waals surface area contributed by atoms with Crippen LogP contribution in [0.4, 0.5) is 5.82 Å². The van der Waals surface area contributed by atoms with Crippen molar-refractivity contribution < 1.29 is 4.79 Å². The molecule has 5 nitrogen and oxygen atoms in total. The van der Waals surface area contributed by atoms with Crippen LogP contribution < -0.4 is 10.2 Å². The van der Waals surface area contributed by atoms with Gasteiger partial charge < -0.3 is 10.2 Å². The SMILES string of the molecule is CN(c1cc(Cl)nc(SCC(=O)NCc2ccccc2)n1)C1CCCCC1. The van der Waals surface area contributed by atoms with E-state index in [1.54, 1.807) is 6.07 Å². The van der Waals surface area contributed by atoms with E-state index < -0.39 is 0 Å². The standard InChI is InChI=1S/C20H25ClN4OS/c1-25(16-10-6-3-7-11-16)18-12-17(21)23-20(24-18)27-14-19(26)22-13-15-8-4-2-5-9-15/h2,4-5,8-9,12,16H,3,6-7,10-11,13-14H2,1H3,(H,22,26). The molecule has 144 valence electrons. The van der Waals surface area contributed by atoms with E-state index in [1.165, 1.54) is 43.9 Å². The van der Waals surface area contributed by atoms with Crippen LogP contribution in [-0.4, -0.2) is 34.7 Å². The number of halogens is 1. The van der Waals surface area contributed by atoms with Crippen LogP contribution in [0.1, 0.15) is 37.7 Å². The predicted molar refractivity (Wildman–Crippen MR) is 111 cm³/mol. The van der Waals surface area contributed by atoms with Crippen molar-refractivity contribution in [1.29, 1.82) is 0 Å². The molecule has 1 aromatic heterocycles. The summed E-state index contributed by atoms with van der Waals surface area (Å²) in [6.45, 7) is 0.520. The number of amides is 1. The molecule has 1 amide bonds. The van der Waals surface area contributed by atoms with Crippen molar-refractivity contribution in [2.24, 2.45) is 0 Å². The van der Waals surface area contributed by atoms with Gasteiger partial charge in [0.05, 0.1) is 5.75 Å². The first-order valence-electron chi connectivity index (χ1n) is 9.32. The van der Waals surface area contributed by atoms with Crippen LogP contribution in [0.3, 0.4) is 0 Å². The first-order chi connectivity index (χ1) is 13.1. The molecule has 0 radical (unpaired) electrons. The lowest BCUT2D eigenvalue weighted by Gasteiger charge is -2.32. The first-order valence-corrected chi connectivity index (χ1v) is 10.7. The van der Waals surface area contributed by atoms with E-state index in [0.717, 1.165) is 11.4 Å². The molecule has 3 rings (SSSR count). The third-order valence-corrected chi connectivity index (χ3v) is 5.85. The van der Waals surface area contributed by atoms with Gasteiger partial charge in [0, 0.05) is 25.7 Å². The van der Waals surface area contributed by atoms with Gasteiger partial charge in [0.2, 0.25) is 5.91 Å². The molecule has 1 aromatic carbocycles. The Kier molecular flexibility index (Phi) is 7.35. The molecule has 1 heterocycles. The van der Waals surface area contributed by atoms with E-state index in [4.69, 9.17) is 11.6 Å². The number of hydrogen-bond donors (Lipinski definition) is 1. The molecular weight excluding hydrogens is 380 g/mol. The van der Waals surface area contributed by atoms with Crippen LogP contribution in [0.15, 0.2) is 41.6 Å². The number of anilines is 1. The van der Waals surface area contributed by atoms with E-state index >= 15 is 0 Å². The van der Waals surface area contributed by atoms with Gasteiger partial charge in [-0.25, -0.2) is 9.97 Å². The van der Waals surface area contributed by atoms with Gasteiger partial charge in [0.1, 0.15) is 11.0 Å². The number of nitrogens with one attached hydrogen (secondary N) is 1. The second kappa shape index (κ2) is 9.95. The molecule has 0 bridgehead atoms. The minimum atomic E-state index is -0.0467. The fraction of sp³-hybridized carbons (Fsp3) is 0.450. The molecule has 7 heteroatoms. The molecule has 1 fully saturated rings. The lowest BCUT2D eigenvalue weighted by atomic mass is 9.94. The molecule has 0 aliphatic heterocycles. The van der Waals surface area contributed by atoms with Crippen molar-refractivity contribution in [3.05, 3.63) is 47.1 Å². The topological polar surface area (TPSA) is 58.1 Å². The van der Waals surface area contributed by atoms with Crippen LogP contribution in [0.2, 0.25) is 5.15 Å². The highest BCUT2D eigenvalue weighted by atomic mass is 35.5. The summed E-state index contributed by atoms with van der Waals surface area (Å²) >= 11 is 7.51. The summed E-state index contributed by atoms with van der Waals surface area (Å²) in [5.41, 5.74) is 1.08. The van der Waals surface area contributed by atoms with Crippen molar-refractivity contribution >= 4 is 35.1 Å². The van der Waals surface area contributed by atoms with E-state index in [2.05, 4.69) is 27.2 Å². The number of thioether (sulfide) groups is 1. The number of carbonyl (C=O) groups is 1. The van der Waals surface area contributed by atoms with E-state index in [9.17, 15) is 4.79 Å². The molecule has 0 unspecified atom stereocenters. The lowest BCUT2D eigenvalue weighted by molar-refractivity contribution is -0.118. The van der Waals surface area contributed by atoms with Crippen LogP contribution in [0, 0.1) is 0 Å². The van der Waals surface area contributed by atoms with Gasteiger partial charge >= 0.3 is 0 Å². The summed E-state index contributed by atoms with van der Waals surface area (Å²) in [6, 6.07) is 12.1. The van der Waals surface area contributed by atoms with Gasteiger partial charge in [-0.2, -0.15) is 0 Å². The molecule has 1 aliphatic rings. The maximum absolute atomic E-state index is 12.1. The van der Waals surface area contributed by atoms with Crippen LogP contribution >= 0.6 is 23.4 Å². The van der Waals surface area contributed by atoms with Gasteiger partial charge in [0.25, 0.3) is 0 Å². The third-order valence-electron chi connectivity index (χ3n) is 4.81. The minimum absolute atomic E-state index is 0.0467. The quantitative estimate of drug-likeness (QED) is 0.423. The Morgan fingerprint density at radius 1 is 1.22 bits per heavy atom.